The molecule has 1 heterocycles. The van der Waals surface area contributed by atoms with Crippen LogP contribution in [0.25, 0.3) is 0 Å². The van der Waals surface area contributed by atoms with Crippen LogP contribution in [0.5, 0.6) is 5.75 Å². The topological polar surface area (TPSA) is 29.5 Å². The Morgan fingerprint density at radius 1 is 1.33 bits per heavy atom. The Hall–Kier alpha value is -1.06. The second-order valence-electron chi connectivity index (χ2n) is 4.59. The molecule has 4 heteroatoms. The highest BCUT2D eigenvalue weighted by Crippen LogP contribution is 2.23. The molecule has 0 aromatic heterocycles. The molecule has 0 amide bonds. The molecule has 0 saturated carbocycles. The number of halogens is 1. The number of carbonyl (C=O) groups is 1. The van der Waals surface area contributed by atoms with Crippen LogP contribution in [-0.2, 0) is 11.2 Å². The number of methoxy groups -OCH3 is 1. The third-order valence-corrected chi connectivity index (χ3v) is 3.59. The fraction of sp³-hybridized carbons (Fsp3) is 0.500. The summed E-state index contributed by atoms with van der Waals surface area (Å²) in [5, 5.41) is 0.736. The zero-order valence-electron chi connectivity index (χ0n) is 10.6. The maximum absolute atomic E-state index is 11.2. The number of likely N-dealkylation sites (tertiary alicyclic amines) is 1. The van der Waals surface area contributed by atoms with E-state index in [1.54, 1.807) is 7.11 Å². The Kier molecular flexibility index (Phi) is 4.61. The van der Waals surface area contributed by atoms with Gasteiger partial charge in [0.15, 0.2) is 0 Å². The molecule has 1 saturated heterocycles. The smallest absolute Gasteiger partial charge is 0.135 e. The summed E-state index contributed by atoms with van der Waals surface area (Å²) < 4.78 is 5.33. The van der Waals surface area contributed by atoms with Gasteiger partial charge in [-0.05, 0) is 30.2 Å². The van der Waals surface area contributed by atoms with E-state index in [0.29, 0.717) is 18.6 Å². The van der Waals surface area contributed by atoms with Gasteiger partial charge < -0.3 is 9.64 Å². The number of carbonyl (C=O) groups excluding carboxylic acids is 1. The molecule has 0 spiro atoms. The summed E-state index contributed by atoms with van der Waals surface area (Å²) in [7, 11) is 1.67. The highest BCUT2D eigenvalue weighted by atomic mass is 35.5. The molecule has 1 fully saturated rings. The van der Waals surface area contributed by atoms with Gasteiger partial charge in [0.05, 0.1) is 7.11 Å². The molecule has 1 aliphatic heterocycles. The Labute approximate surface area is 113 Å². The number of rotatable bonds is 4. The van der Waals surface area contributed by atoms with Crippen LogP contribution in [0.15, 0.2) is 18.2 Å². The second-order valence-corrected chi connectivity index (χ2v) is 5.02. The second kappa shape index (κ2) is 6.21. The van der Waals surface area contributed by atoms with Crippen LogP contribution in [0.1, 0.15) is 18.4 Å². The van der Waals surface area contributed by atoms with E-state index in [0.717, 1.165) is 42.4 Å². The third kappa shape index (κ3) is 3.47. The van der Waals surface area contributed by atoms with Crippen molar-refractivity contribution < 1.29 is 9.53 Å². The Morgan fingerprint density at radius 2 is 2.06 bits per heavy atom. The lowest BCUT2D eigenvalue weighted by molar-refractivity contribution is -0.121. The summed E-state index contributed by atoms with van der Waals surface area (Å²) in [5.74, 6) is 1.26. The van der Waals surface area contributed by atoms with Crippen molar-refractivity contribution in [1.29, 1.82) is 0 Å². The number of hydrogen-bond donors (Lipinski definition) is 0. The van der Waals surface area contributed by atoms with E-state index in [1.807, 2.05) is 18.2 Å². The first kappa shape index (κ1) is 13.4. The number of ketones is 1. The molecule has 1 aliphatic rings. The molecule has 98 valence electrons. The zero-order valence-corrected chi connectivity index (χ0v) is 11.4. The summed E-state index contributed by atoms with van der Waals surface area (Å²) in [6.07, 6.45) is 2.28. The van der Waals surface area contributed by atoms with Gasteiger partial charge in [0, 0.05) is 37.5 Å². The van der Waals surface area contributed by atoms with Crippen LogP contribution < -0.4 is 4.74 Å². The predicted molar refractivity (Wildman–Crippen MR) is 72.4 cm³/mol. The molecule has 1 aromatic rings. The molecule has 3 nitrogen and oxygen atoms in total. The van der Waals surface area contributed by atoms with Gasteiger partial charge in [-0.1, -0.05) is 11.6 Å². The van der Waals surface area contributed by atoms with Crippen molar-refractivity contribution in [2.75, 3.05) is 26.7 Å². The summed E-state index contributed by atoms with van der Waals surface area (Å²) in [5.41, 5.74) is 1.13. The van der Waals surface area contributed by atoms with Crippen molar-refractivity contribution in [2.45, 2.75) is 19.3 Å². The van der Waals surface area contributed by atoms with E-state index in [2.05, 4.69) is 4.90 Å². The average molecular weight is 268 g/mol. The summed E-state index contributed by atoms with van der Waals surface area (Å²) in [6, 6.07) is 5.69. The maximum atomic E-state index is 11.2. The predicted octanol–water partition coefficient (Wildman–Crippen LogP) is 2.56. The van der Waals surface area contributed by atoms with Gasteiger partial charge in [-0.25, -0.2) is 0 Å². The van der Waals surface area contributed by atoms with Gasteiger partial charge in [0.1, 0.15) is 11.5 Å². The number of benzene rings is 1. The number of nitrogens with zero attached hydrogens (tertiary/aromatic N) is 1. The number of ether oxygens (including phenoxy) is 1. The quantitative estimate of drug-likeness (QED) is 0.840. The summed E-state index contributed by atoms with van der Waals surface area (Å²) in [6.45, 7) is 2.70. The Morgan fingerprint density at radius 3 is 2.72 bits per heavy atom. The van der Waals surface area contributed by atoms with Crippen LogP contribution in [0.3, 0.4) is 0 Å². The Balaban J connectivity index is 1.93. The SMILES string of the molecule is COc1ccc(Cl)cc1CCN1CCC(=O)CC1. The molecular formula is C14H18ClNO2. The van der Waals surface area contributed by atoms with Gasteiger partial charge in [-0.15, -0.1) is 0 Å². The van der Waals surface area contributed by atoms with E-state index in [-0.39, 0.29) is 0 Å². The van der Waals surface area contributed by atoms with Crippen molar-refractivity contribution in [3.05, 3.63) is 28.8 Å². The minimum Gasteiger partial charge on any atom is -0.496 e. The van der Waals surface area contributed by atoms with Gasteiger partial charge in [0.25, 0.3) is 0 Å². The lowest BCUT2D eigenvalue weighted by atomic mass is 10.1. The first-order valence-corrected chi connectivity index (χ1v) is 6.63. The standard InChI is InChI=1S/C14H18ClNO2/c1-18-14-3-2-12(15)10-11(14)4-7-16-8-5-13(17)6-9-16/h2-3,10H,4-9H2,1H3. The Bertz CT molecular complexity index is 424. The van der Waals surface area contributed by atoms with E-state index in [1.165, 1.54) is 0 Å². The minimum absolute atomic E-state index is 0.381. The van der Waals surface area contributed by atoms with Crippen LogP contribution in [-0.4, -0.2) is 37.4 Å². The largest absolute Gasteiger partial charge is 0.496 e. The summed E-state index contributed by atoms with van der Waals surface area (Å²) in [4.78, 5) is 13.5. The van der Waals surface area contributed by atoms with Crippen LogP contribution in [0, 0.1) is 0 Å². The van der Waals surface area contributed by atoms with E-state index < -0.39 is 0 Å². The monoisotopic (exact) mass is 267 g/mol. The van der Waals surface area contributed by atoms with Crippen molar-refractivity contribution >= 4 is 17.4 Å². The number of piperidine rings is 1. The van der Waals surface area contributed by atoms with Gasteiger partial charge in [-0.2, -0.15) is 0 Å². The minimum atomic E-state index is 0.381. The van der Waals surface area contributed by atoms with Crippen LogP contribution >= 0.6 is 11.6 Å². The van der Waals surface area contributed by atoms with E-state index in [4.69, 9.17) is 16.3 Å². The molecule has 0 N–H and O–H groups in total. The first-order chi connectivity index (χ1) is 8.69. The van der Waals surface area contributed by atoms with Crippen molar-refractivity contribution in [1.82, 2.24) is 4.90 Å². The molecule has 2 rings (SSSR count). The van der Waals surface area contributed by atoms with Gasteiger partial charge >= 0.3 is 0 Å². The first-order valence-electron chi connectivity index (χ1n) is 6.25. The maximum Gasteiger partial charge on any atom is 0.135 e. The summed E-state index contributed by atoms with van der Waals surface area (Å²) >= 11 is 6.00. The molecule has 0 unspecified atom stereocenters. The van der Waals surface area contributed by atoms with E-state index >= 15 is 0 Å². The molecule has 0 atom stereocenters. The normalized spacial score (nSPS) is 16.9. The fourth-order valence-electron chi connectivity index (χ4n) is 2.25. The van der Waals surface area contributed by atoms with Crippen molar-refractivity contribution in [3.8, 4) is 5.75 Å². The highest BCUT2D eigenvalue weighted by Gasteiger charge is 2.16. The number of Topliss-reactive ketones (excluding diaryl/α,β-unsaturated/α-hetero) is 1. The van der Waals surface area contributed by atoms with Crippen LogP contribution in [0.2, 0.25) is 5.02 Å². The number of hydrogen-bond acceptors (Lipinski definition) is 3. The molecule has 0 radical (unpaired) electrons. The van der Waals surface area contributed by atoms with Crippen molar-refractivity contribution in [2.24, 2.45) is 0 Å². The van der Waals surface area contributed by atoms with Gasteiger partial charge in [-0.3, -0.25) is 4.79 Å². The molecule has 18 heavy (non-hydrogen) atoms. The van der Waals surface area contributed by atoms with Crippen LogP contribution in [0.4, 0.5) is 0 Å². The zero-order chi connectivity index (χ0) is 13.0. The highest BCUT2D eigenvalue weighted by molar-refractivity contribution is 6.30. The van der Waals surface area contributed by atoms with Gasteiger partial charge in [0.2, 0.25) is 0 Å². The lowest BCUT2D eigenvalue weighted by Crippen LogP contribution is -2.35. The fourth-order valence-corrected chi connectivity index (χ4v) is 2.44. The molecule has 0 aliphatic carbocycles. The van der Waals surface area contributed by atoms with E-state index in [9.17, 15) is 4.79 Å². The van der Waals surface area contributed by atoms with Crippen molar-refractivity contribution in [3.63, 3.8) is 0 Å². The average Bonchev–Trinajstić information content (AvgIpc) is 2.38. The molecule has 0 bridgehead atoms. The third-order valence-electron chi connectivity index (χ3n) is 3.35. The lowest BCUT2D eigenvalue weighted by Gasteiger charge is -2.25. The molecule has 1 aromatic carbocycles. The molecular weight excluding hydrogens is 250 g/mol.